The fourth-order valence-corrected chi connectivity index (χ4v) is 3.91. The van der Waals surface area contributed by atoms with E-state index in [0.29, 0.717) is 18.4 Å². The molecule has 0 spiro atoms. The lowest BCUT2D eigenvalue weighted by atomic mass is 10.0. The summed E-state index contributed by atoms with van der Waals surface area (Å²) in [6, 6.07) is 12.0. The van der Waals surface area contributed by atoms with Crippen molar-refractivity contribution in [3.63, 3.8) is 0 Å². The predicted octanol–water partition coefficient (Wildman–Crippen LogP) is 3.20. The molecule has 0 saturated heterocycles. The van der Waals surface area contributed by atoms with Crippen molar-refractivity contribution in [3.8, 4) is 11.8 Å². The number of hydrogen-bond acceptors (Lipinski definition) is 7. The number of fused-ring (bicyclic) bond motifs is 2. The molecule has 158 valence electrons. The maximum absolute atomic E-state index is 10.2. The lowest BCUT2D eigenvalue weighted by Gasteiger charge is -2.31. The molecule has 7 nitrogen and oxygen atoms in total. The second-order valence-electron chi connectivity index (χ2n) is 8.19. The molecular formula is C23H29N5O2. The van der Waals surface area contributed by atoms with Crippen molar-refractivity contribution >= 4 is 22.3 Å². The average Bonchev–Trinajstić information content (AvgIpc) is 2.71. The summed E-state index contributed by atoms with van der Waals surface area (Å²) in [7, 11) is 4.08. The Kier molecular flexibility index (Phi) is 5.63. The van der Waals surface area contributed by atoms with Crippen LogP contribution in [0.2, 0.25) is 0 Å². The summed E-state index contributed by atoms with van der Waals surface area (Å²) in [5.74, 6) is 0.755. The van der Waals surface area contributed by atoms with Crippen LogP contribution in [0.1, 0.15) is 24.6 Å². The van der Waals surface area contributed by atoms with Crippen molar-refractivity contribution in [2.24, 2.45) is 0 Å². The Labute approximate surface area is 177 Å². The molecule has 2 heterocycles. The van der Waals surface area contributed by atoms with E-state index in [0.717, 1.165) is 53.6 Å². The van der Waals surface area contributed by atoms with E-state index in [1.54, 1.807) is 6.07 Å². The van der Waals surface area contributed by atoms with Gasteiger partial charge in [0.1, 0.15) is 17.7 Å². The summed E-state index contributed by atoms with van der Waals surface area (Å²) in [5, 5.41) is 12.3. The lowest BCUT2D eigenvalue weighted by molar-refractivity contribution is 0.179. The highest BCUT2D eigenvalue weighted by atomic mass is 16.5. The number of anilines is 2. The van der Waals surface area contributed by atoms with Crippen LogP contribution in [0, 0.1) is 0 Å². The van der Waals surface area contributed by atoms with Gasteiger partial charge in [-0.3, -0.25) is 0 Å². The van der Waals surface area contributed by atoms with Crippen LogP contribution in [0.25, 0.3) is 10.8 Å². The molecule has 30 heavy (non-hydrogen) atoms. The van der Waals surface area contributed by atoms with E-state index in [9.17, 15) is 5.11 Å². The summed E-state index contributed by atoms with van der Waals surface area (Å²) in [5.41, 5.74) is 9.11. The average molecular weight is 408 g/mol. The van der Waals surface area contributed by atoms with Gasteiger partial charge < -0.3 is 25.4 Å². The fourth-order valence-electron chi connectivity index (χ4n) is 3.91. The molecule has 0 amide bonds. The zero-order chi connectivity index (χ0) is 21.3. The van der Waals surface area contributed by atoms with E-state index in [2.05, 4.69) is 25.8 Å². The Morgan fingerprint density at radius 3 is 2.83 bits per heavy atom. The highest BCUT2D eigenvalue weighted by Crippen LogP contribution is 2.35. The number of phenolic OH excluding ortho intramolecular Hbond substituents is 1. The molecule has 7 heteroatoms. The Bertz CT molecular complexity index is 1050. The minimum atomic E-state index is -0.000410. The maximum atomic E-state index is 10.2. The fraction of sp³-hybridized carbons (Fsp3) is 0.391. The molecule has 0 saturated carbocycles. The maximum Gasteiger partial charge on any atom is 0.318 e. The van der Waals surface area contributed by atoms with Crippen LogP contribution in [0.5, 0.6) is 11.8 Å². The van der Waals surface area contributed by atoms with Crippen LogP contribution < -0.4 is 15.4 Å². The summed E-state index contributed by atoms with van der Waals surface area (Å²) in [6.07, 6.45) is 1.63. The highest BCUT2D eigenvalue weighted by molar-refractivity contribution is 5.95. The van der Waals surface area contributed by atoms with Crippen LogP contribution >= 0.6 is 0 Å². The molecule has 0 fully saturated rings. The van der Waals surface area contributed by atoms with E-state index < -0.39 is 0 Å². The Morgan fingerprint density at radius 1 is 1.23 bits per heavy atom. The molecule has 4 rings (SSSR count). The smallest absolute Gasteiger partial charge is 0.318 e. The number of hydrogen-bond donors (Lipinski definition) is 2. The molecular weight excluding hydrogens is 378 g/mol. The third-order valence-corrected chi connectivity index (χ3v) is 5.53. The molecule has 1 unspecified atom stereocenters. The van der Waals surface area contributed by atoms with Crippen molar-refractivity contribution in [1.29, 1.82) is 0 Å². The molecule has 1 aliphatic heterocycles. The number of benzene rings is 2. The van der Waals surface area contributed by atoms with Gasteiger partial charge in [-0.25, -0.2) is 0 Å². The zero-order valence-electron chi connectivity index (χ0n) is 17.8. The topological polar surface area (TPSA) is 87.7 Å². The van der Waals surface area contributed by atoms with Crippen LogP contribution in [-0.4, -0.2) is 53.3 Å². The van der Waals surface area contributed by atoms with Crippen LogP contribution in [0.3, 0.4) is 0 Å². The molecule has 2 aromatic carbocycles. The zero-order valence-corrected chi connectivity index (χ0v) is 17.8. The Morgan fingerprint density at radius 2 is 2.03 bits per heavy atom. The number of aromatic nitrogens is 2. The Hall–Kier alpha value is -3.06. The van der Waals surface area contributed by atoms with Crippen molar-refractivity contribution in [3.05, 3.63) is 47.7 Å². The number of nitrogen functional groups attached to an aromatic ring is 1. The SMILES string of the molecule is CC(CCN(C)C)Oc1nc(N)c2c(n1)CN(c1cc(O)cc3ccccc13)CC2. The van der Waals surface area contributed by atoms with E-state index >= 15 is 0 Å². The van der Waals surface area contributed by atoms with Gasteiger partial charge in [-0.15, -0.1) is 0 Å². The molecule has 1 aliphatic rings. The minimum Gasteiger partial charge on any atom is -0.508 e. The van der Waals surface area contributed by atoms with E-state index in [1.807, 2.05) is 45.3 Å². The first kappa shape index (κ1) is 20.2. The molecule has 3 N–H and O–H groups in total. The van der Waals surface area contributed by atoms with Gasteiger partial charge in [-0.05, 0) is 45.3 Å². The summed E-state index contributed by atoms with van der Waals surface area (Å²) in [6.45, 7) is 4.33. The first-order valence-electron chi connectivity index (χ1n) is 10.3. The first-order valence-corrected chi connectivity index (χ1v) is 10.3. The van der Waals surface area contributed by atoms with Gasteiger partial charge in [0.05, 0.1) is 12.2 Å². The Balaban J connectivity index is 1.60. The number of aromatic hydroxyl groups is 1. The quantitative estimate of drug-likeness (QED) is 0.649. The van der Waals surface area contributed by atoms with E-state index in [-0.39, 0.29) is 11.9 Å². The second kappa shape index (κ2) is 8.36. The molecule has 0 aliphatic carbocycles. The van der Waals surface area contributed by atoms with E-state index in [1.165, 1.54) is 0 Å². The lowest BCUT2D eigenvalue weighted by Crippen LogP contribution is -2.32. The standard InChI is InChI=1S/C23H29N5O2/c1-15(8-10-27(2)3)30-23-25-20-14-28(11-9-19(20)22(24)26-23)21-13-17(29)12-16-6-4-5-7-18(16)21/h4-7,12-13,15,29H,8-11,14H2,1-3H3,(H2,24,25,26). The van der Waals surface area contributed by atoms with Gasteiger partial charge in [0, 0.05) is 35.8 Å². The van der Waals surface area contributed by atoms with E-state index in [4.69, 9.17) is 10.5 Å². The van der Waals surface area contributed by atoms with Crippen LogP contribution in [0.4, 0.5) is 11.5 Å². The molecule has 1 aromatic heterocycles. The first-order chi connectivity index (χ1) is 14.4. The van der Waals surface area contributed by atoms with Crippen LogP contribution in [0.15, 0.2) is 36.4 Å². The monoisotopic (exact) mass is 407 g/mol. The third-order valence-electron chi connectivity index (χ3n) is 5.53. The molecule has 0 bridgehead atoms. The minimum absolute atomic E-state index is 0.000410. The van der Waals surface area contributed by atoms with Gasteiger partial charge in [0.25, 0.3) is 0 Å². The van der Waals surface area contributed by atoms with Crippen molar-refractivity contribution in [2.45, 2.75) is 32.4 Å². The number of ether oxygens (including phenoxy) is 1. The molecule has 3 aromatic rings. The number of nitrogens with two attached hydrogens (primary N) is 1. The number of nitrogens with zero attached hydrogens (tertiary/aromatic N) is 4. The van der Waals surface area contributed by atoms with Gasteiger partial charge in [-0.1, -0.05) is 24.3 Å². The van der Waals surface area contributed by atoms with Crippen LogP contribution in [-0.2, 0) is 13.0 Å². The highest BCUT2D eigenvalue weighted by Gasteiger charge is 2.24. The summed E-state index contributed by atoms with van der Waals surface area (Å²) < 4.78 is 5.95. The summed E-state index contributed by atoms with van der Waals surface area (Å²) in [4.78, 5) is 13.4. The van der Waals surface area contributed by atoms with Crippen molar-refractivity contribution < 1.29 is 9.84 Å². The summed E-state index contributed by atoms with van der Waals surface area (Å²) >= 11 is 0. The molecule has 0 radical (unpaired) electrons. The van der Waals surface area contributed by atoms with Gasteiger partial charge in [0.15, 0.2) is 0 Å². The second-order valence-corrected chi connectivity index (χ2v) is 8.19. The molecule has 1 atom stereocenters. The third kappa shape index (κ3) is 4.26. The van der Waals surface area contributed by atoms with Gasteiger partial charge in [0.2, 0.25) is 0 Å². The normalized spacial score (nSPS) is 14.7. The van der Waals surface area contributed by atoms with Gasteiger partial charge in [-0.2, -0.15) is 9.97 Å². The predicted molar refractivity (Wildman–Crippen MR) is 120 cm³/mol. The van der Waals surface area contributed by atoms with Crippen molar-refractivity contribution in [2.75, 3.05) is 37.8 Å². The van der Waals surface area contributed by atoms with Gasteiger partial charge >= 0.3 is 6.01 Å². The number of phenols is 1. The number of rotatable bonds is 6. The van der Waals surface area contributed by atoms with Crippen molar-refractivity contribution in [1.82, 2.24) is 14.9 Å². The largest absolute Gasteiger partial charge is 0.508 e.